The molecule has 11 heteroatoms. The number of rotatable bonds is 6. The van der Waals surface area contributed by atoms with Gasteiger partial charge in [0.25, 0.3) is 5.91 Å². The number of ether oxygens (including phenoxy) is 2. The van der Waals surface area contributed by atoms with Crippen molar-refractivity contribution in [1.29, 1.82) is 0 Å². The Labute approximate surface area is 178 Å². The number of hydrogen-bond donors (Lipinski definition) is 1. The molecule has 31 heavy (non-hydrogen) atoms. The Kier molecular flexibility index (Phi) is 6.84. The monoisotopic (exact) mass is 439 g/mol. The second-order valence-electron chi connectivity index (χ2n) is 7.12. The van der Waals surface area contributed by atoms with Gasteiger partial charge in [0, 0.05) is 25.7 Å². The zero-order chi connectivity index (χ0) is 22.7. The van der Waals surface area contributed by atoms with Gasteiger partial charge in [-0.2, -0.15) is 13.8 Å². The first kappa shape index (κ1) is 22.6. The Morgan fingerprint density at radius 2 is 2.00 bits per heavy atom. The van der Waals surface area contributed by atoms with Crippen LogP contribution in [0.15, 0.2) is 24.4 Å². The van der Waals surface area contributed by atoms with Crippen LogP contribution in [0.3, 0.4) is 0 Å². The first-order chi connectivity index (χ1) is 14.7. The molecule has 1 aromatic carbocycles. The lowest BCUT2D eigenvalue weighted by Crippen LogP contribution is -2.48. The van der Waals surface area contributed by atoms with Crippen LogP contribution in [0.4, 0.5) is 30.6 Å². The van der Waals surface area contributed by atoms with E-state index in [0.29, 0.717) is 18.0 Å². The molecule has 1 amide bonds. The molecular weight excluding hydrogens is 415 g/mol. The Hall–Kier alpha value is -3.08. The topological polar surface area (TPSA) is 79.8 Å². The second kappa shape index (κ2) is 9.38. The molecular formula is C20H24F3N5O3. The molecule has 0 bridgehead atoms. The average molecular weight is 439 g/mol. The first-order valence-electron chi connectivity index (χ1n) is 9.65. The summed E-state index contributed by atoms with van der Waals surface area (Å²) in [6, 6.07) is 4.15. The Morgan fingerprint density at radius 3 is 2.58 bits per heavy atom. The van der Waals surface area contributed by atoms with Crippen LogP contribution in [-0.4, -0.2) is 66.8 Å². The van der Waals surface area contributed by atoms with Crippen molar-refractivity contribution in [2.24, 2.45) is 0 Å². The minimum Gasteiger partial charge on any atom is -0.495 e. The van der Waals surface area contributed by atoms with Crippen LogP contribution >= 0.6 is 0 Å². The highest BCUT2D eigenvalue weighted by Gasteiger charge is 2.29. The quantitative estimate of drug-likeness (QED) is 0.692. The molecule has 1 aliphatic heterocycles. The van der Waals surface area contributed by atoms with Crippen molar-refractivity contribution in [2.45, 2.75) is 32.6 Å². The van der Waals surface area contributed by atoms with Crippen LogP contribution in [-0.2, 0) is 4.74 Å². The SMILES string of the molecule is CNc1nc(N(c2ccc(C(=O)N3CC(C)OC(C)C3)cc2OC)C(F)F)ncc1F. The summed E-state index contributed by atoms with van der Waals surface area (Å²) in [5, 5.41) is 2.49. The third-order valence-corrected chi connectivity index (χ3v) is 4.77. The van der Waals surface area contributed by atoms with Crippen molar-refractivity contribution in [3.63, 3.8) is 0 Å². The minimum absolute atomic E-state index is 0.0273. The van der Waals surface area contributed by atoms with E-state index in [0.717, 1.165) is 6.20 Å². The number of hydrogen-bond acceptors (Lipinski definition) is 7. The summed E-state index contributed by atoms with van der Waals surface area (Å²) < 4.78 is 52.5. The van der Waals surface area contributed by atoms with Crippen LogP contribution in [0.1, 0.15) is 24.2 Å². The van der Waals surface area contributed by atoms with E-state index < -0.39 is 18.3 Å². The van der Waals surface area contributed by atoms with Gasteiger partial charge in [-0.25, -0.2) is 14.3 Å². The van der Waals surface area contributed by atoms with E-state index in [1.165, 1.54) is 32.4 Å². The van der Waals surface area contributed by atoms with Gasteiger partial charge in [-0.15, -0.1) is 0 Å². The maximum atomic E-state index is 13.9. The lowest BCUT2D eigenvalue weighted by Gasteiger charge is -2.35. The third kappa shape index (κ3) is 4.82. The summed E-state index contributed by atoms with van der Waals surface area (Å²) in [4.78, 5) is 22.6. The summed E-state index contributed by atoms with van der Waals surface area (Å²) in [5.74, 6) is -1.65. The fraction of sp³-hybridized carbons (Fsp3) is 0.450. The molecule has 1 aromatic heterocycles. The van der Waals surface area contributed by atoms with Gasteiger partial charge in [0.05, 0.1) is 31.2 Å². The van der Waals surface area contributed by atoms with Crippen molar-refractivity contribution >= 4 is 23.4 Å². The summed E-state index contributed by atoms with van der Waals surface area (Å²) in [6.45, 7) is 1.55. The van der Waals surface area contributed by atoms with E-state index in [4.69, 9.17) is 9.47 Å². The average Bonchev–Trinajstić information content (AvgIpc) is 2.73. The molecule has 1 N–H and O–H groups in total. The van der Waals surface area contributed by atoms with Crippen LogP contribution in [0.2, 0.25) is 0 Å². The van der Waals surface area contributed by atoms with Gasteiger partial charge in [-0.05, 0) is 32.0 Å². The molecule has 0 aliphatic carbocycles. The number of aromatic nitrogens is 2. The fourth-order valence-corrected chi connectivity index (χ4v) is 3.49. The van der Waals surface area contributed by atoms with Crippen LogP contribution < -0.4 is 15.0 Å². The number of amides is 1. The number of nitrogens with one attached hydrogen (secondary N) is 1. The smallest absolute Gasteiger partial charge is 0.321 e. The standard InChI is InChI=1S/C20H24F3N5O3/c1-11-9-27(10-12(2)31-11)18(29)13-5-6-15(16(7-13)30-4)28(19(22)23)20-25-8-14(21)17(24-3)26-20/h5-8,11-12,19H,9-10H2,1-4H3,(H,24,25,26). The second-order valence-corrected chi connectivity index (χ2v) is 7.12. The molecule has 0 spiro atoms. The fourth-order valence-electron chi connectivity index (χ4n) is 3.49. The van der Waals surface area contributed by atoms with Crippen molar-refractivity contribution in [1.82, 2.24) is 14.9 Å². The van der Waals surface area contributed by atoms with E-state index in [-0.39, 0.29) is 40.9 Å². The van der Waals surface area contributed by atoms with Gasteiger partial charge in [-0.1, -0.05) is 0 Å². The molecule has 2 aromatic rings. The Morgan fingerprint density at radius 1 is 1.32 bits per heavy atom. The summed E-state index contributed by atoms with van der Waals surface area (Å²) in [7, 11) is 2.72. The van der Waals surface area contributed by atoms with Gasteiger partial charge < -0.3 is 19.7 Å². The highest BCUT2D eigenvalue weighted by molar-refractivity contribution is 5.95. The molecule has 1 aliphatic rings. The van der Waals surface area contributed by atoms with Gasteiger partial charge in [0.15, 0.2) is 11.6 Å². The molecule has 2 heterocycles. The van der Waals surface area contributed by atoms with E-state index in [2.05, 4.69) is 15.3 Å². The number of morpholine rings is 1. The van der Waals surface area contributed by atoms with Crippen molar-refractivity contribution in [3.05, 3.63) is 35.8 Å². The molecule has 2 atom stereocenters. The normalized spacial score (nSPS) is 18.8. The number of nitrogens with zero attached hydrogens (tertiary/aromatic N) is 4. The van der Waals surface area contributed by atoms with E-state index >= 15 is 0 Å². The molecule has 1 fully saturated rings. The first-order valence-corrected chi connectivity index (χ1v) is 9.65. The molecule has 0 saturated carbocycles. The van der Waals surface area contributed by atoms with Crippen molar-refractivity contribution in [2.75, 3.05) is 37.5 Å². The number of halogens is 3. The predicted molar refractivity (Wildman–Crippen MR) is 109 cm³/mol. The largest absolute Gasteiger partial charge is 0.495 e. The number of carbonyl (C=O) groups excluding carboxylic acids is 1. The number of carbonyl (C=O) groups is 1. The van der Waals surface area contributed by atoms with E-state index in [1.807, 2.05) is 13.8 Å². The van der Waals surface area contributed by atoms with Crippen molar-refractivity contribution in [3.8, 4) is 5.75 Å². The number of methoxy groups -OCH3 is 1. The summed E-state index contributed by atoms with van der Waals surface area (Å²) in [6.07, 6.45) is 0.578. The molecule has 0 radical (unpaired) electrons. The molecule has 168 valence electrons. The highest BCUT2D eigenvalue weighted by atomic mass is 19.3. The maximum absolute atomic E-state index is 13.9. The number of alkyl halides is 2. The number of benzene rings is 1. The zero-order valence-corrected chi connectivity index (χ0v) is 17.6. The molecule has 3 rings (SSSR count). The summed E-state index contributed by atoms with van der Waals surface area (Å²) >= 11 is 0. The lowest BCUT2D eigenvalue weighted by atomic mass is 10.1. The van der Waals surface area contributed by atoms with E-state index in [1.54, 1.807) is 4.90 Å². The maximum Gasteiger partial charge on any atom is 0.321 e. The van der Waals surface area contributed by atoms with Gasteiger partial charge in [0.1, 0.15) is 5.75 Å². The van der Waals surface area contributed by atoms with Crippen LogP contribution in [0, 0.1) is 5.82 Å². The molecule has 1 saturated heterocycles. The molecule has 8 nitrogen and oxygen atoms in total. The Balaban J connectivity index is 1.96. The van der Waals surface area contributed by atoms with Gasteiger partial charge in [0.2, 0.25) is 5.95 Å². The van der Waals surface area contributed by atoms with Gasteiger partial charge in [-0.3, -0.25) is 4.79 Å². The summed E-state index contributed by atoms with van der Waals surface area (Å²) in [5.41, 5.74) is 0.221. The Bertz CT molecular complexity index is 936. The van der Waals surface area contributed by atoms with Gasteiger partial charge >= 0.3 is 6.55 Å². The van der Waals surface area contributed by atoms with Crippen LogP contribution in [0.5, 0.6) is 5.75 Å². The lowest BCUT2D eigenvalue weighted by molar-refractivity contribution is -0.0586. The molecule has 2 unspecified atom stereocenters. The highest BCUT2D eigenvalue weighted by Crippen LogP contribution is 2.36. The minimum atomic E-state index is -3.05. The third-order valence-electron chi connectivity index (χ3n) is 4.77. The zero-order valence-electron chi connectivity index (χ0n) is 17.6. The van der Waals surface area contributed by atoms with E-state index in [9.17, 15) is 18.0 Å². The predicted octanol–water partition coefficient (Wildman–Crippen LogP) is 3.28. The van der Waals surface area contributed by atoms with Crippen LogP contribution in [0.25, 0.3) is 0 Å². The number of anilines is 3. The van der Waals surface area contributed by atoms with Crippen molar-refractivity contribution < 1.29 is 27.4 Å².